The molecule has 3 rings (SSSR count). The van der Waals surface area contributed by atoms with Crippen LogP contribution >= 0.6 is 11.6 Å². The number of halogens is 1. The Morgan fingerprint density at radius 2 is 1.83 bits per heavy atom. The Morgan fingerprint density at radius 1 is 1.14 bits per heavy atom. The molecule has 1 aromatic rings. The molecule has 2 fully saturated rings. The van der Waals surface area contributed by atoms with Crippen molar-refractivity contribution in [3.8, 4) is 0 Å². The summed E-state index contributed by atoms with van der Waals surface area (Å²) in [5.74, 6) is -0.457. The minimum absolute atomic E-state index is 0.0346. The second kappa shape index (κ2) is 8.84. The van der Waals surface area contributed by atoms with Gasteiger partial charge < -0.3 is 5.32 Å². The molecule has 0 saturated carbocycles. The third-order valence-corrected chi connectivity index (χ3v) is 8.98. The molecule has 29 heavy (non-hydrogen) atoms. The van der Waals surface area contributed by atoms with E-state index in [0.717, 1.165) is 6.42 Å². The van der Waals surface area contributed by atoms with E-state index in [-0.39, 0.29) is 47.5 Å². The van der Waals surface area contributed by atoms with Gasteiger partial charge in [-0.1, -0.05) is 11.6 Å². The van der Waals surface area contributed by atoms with Crippen molar-refractivity contribution < 1.29 is 21.6 Å². The summed E-state index contributed by atoms with van der Waals surface area (Å²) in [6, 6.07) is 2.71. The van der Waals surface area contributed by atoms with E-state index < -0.39 is 20.0 Å². The Bertz CT molecular complexity index is 962. The van der Waals surface area contributed by atoms with Gasteiger partial charge in [-0.05, 0) is 37.8 Å². The van der Waals surface area contributed by atoms with Gasteiger partial charge in [-0.25, -0.2) is 26.1 Å². The monoisotopic (exact) mass is 464 g/mol. The first-order chi connectivity index (χ1) is 13.6. The van der Waals surface area contributed by atoms with Crippen molar-refractivity contribution >= 4 is 37.6 Å². The highest BCUT2D eigenvalue weighted by Gasteiger charge is 2.34. The Kier molecular flexibility index (Phi) is 6.84. The van der Waals surface area contributed by atoms with Crippen LogP contribution in [0.25, 0.3) is 0 Å². The molecule has 3 heterocycles. The topological polar surface area (TPSA) is 117 Å². The van der Waals surface area contributed by atoms with Crippen molar-refractivity contribution in [1.29, 1.82) is 0 Å². The number of hydrogen-bond acceptors (Lipinski definition) is 6. The zero-order valence-corrected chi connectivity index (χ0v) is 18.5. The molecule has 0 radical (unpaired) electrons. The maximum absolute atomic E-state index is 12.8. The summed E-state index contributed by atoms with van der Waals surface area (Å²) < 4.78 is 51.7. The van der Waals surface area contributed by atoms with Crippen LogP contribution in [-0.2, 0) is 24.8 Å². The molecule has 1 atom stereocenters. The van der Waals surface area contributed by atoms with E-state index in [1.807, 2.05) is 0 Å². The molecular formula is C17H25ClN4O5S2. The molecular weight excluding hydrogens is 440 g/mol. The third-order valence-electron chi connectivity index (χ3n) is 5.37. The van der Waals surface area contributed by atoms with E-state index in [4.69, 9.17) is 11.6 Å². The Balaban J connectivity index is 1.57. The van der Waals surface area contributed by atoms with Gasteiger partial charge in [0.15, 0.2) is 0 Å². The summed E-state index contributed by atoms with van der Waals surface area (Å²) >= 11 is 5.93. The van der Waals surface area contributed by atoms with Crippen LogP contribution in [-0.4, -0.2) is 74.8 Å². The van der Waals surface area contributed by atoms with E-state index in [1.165, 1.54) is 33.2 Å². The number of aromatic nitrogens is 1. The Morgan fingerprint density at radius 3 is 2.45 bits per heavy atom. The van der Waals surface area contributed by atoms with Crippen LogP contribution in [0, 0.1) is 5.92 Å². The van der Waals surface area contributed by atoms with Gasteiger partial charge in [0.2, 0.25) is 26.0 Å². The lowest BCUT2D eigenvalue weighted by Crippen LogP contribution is -2.51. The number of amides is 1. The number of nitrogens with zero attached hydrogens (tertiary/aromatic N) is 3. The zero-order valence-electron chi connectivity index (χ0n) is 16.1. The van der Waals surface area contributed by atoms with Gasteiger partial charge in [0.05, 0.1) is 6.26 Å². The molecule has 0 aromatic carbocycles. The van der Waals surface area contributed by atoms with E-state index in [2.05, 4.69) is 10.3 Å². The maximum atomic E-state index is 12.8. The van der Waals surface area contributed by atoms with E-state index in [0.29, 0.717) is 25.8 Å². The van der Waals surface area contributed by atoms with Gasteiger partial charge in [-0.15, -0.1) is 0 Å². The molecule has 12 heteroatoms. The van der Waals surface area contributed by atoms with Crippen molar-refractivity contribution in [2.45, 2.75) is 36.6 Å². The first kappa shape index (κ1) is 22.4. The maximum Gasteiger partial charge on any atom is 0.246 e. The highest BCUT2D eigenvalue weighted by atomic mass is 35.5. The van der Waals surface area contributed by atoms with E-state index >= 15 is 0 Å². The van der Waals surface area contributed by atoms with E-state index in [1.54, 1.807) is 0 Å². The average molecular weight is 465 g/mol. The standard InChI is InChI=1S/C17H25ClN4O5S2/c1-28(24,25)22-9-3-4-14(12-22)20-17(23)13-6-10-21(11-7-13)29(26,27)15-5-2-8-19-16(15)18/h2,5,8,13-14H,3-4,6-7,9-12H2,1H3,(H,20,23). The van der Waals surface area contributed by atoms with Crippen molar-refractivity contribution in [2.75, 3.05) is 32.4 Å². The van der Waals surface area contributed by atoms with Crippen molar-refractivity contribution in [3.63, 3.8) is 0 Å². The third kappa shape index (κ3) is 5.26. The summed E-state index contributed by atoms with van der Waals surface area (Å²) in [5, 5.41) is 2.87. The minimum Gasteiger partial charge on any atom is -0.352 e. The van der Waals surface area contributed by atoms with Crippen LogP contribution in [0.3, 0.4) is 0 Å². The van der Waals surface area contributed by atoms with Crippen LogP contribution in [0.1, 0.15) is 25.7 Å². The molecule has 0 aliphatic carbocycles. The molecule has 1 N–H and O–H groups in total. The summed E-state index contributed by atoms with van der Waals surface area (Å²) in [5.41, 5.74) is 0. The number of nitrogens with one attached hydrogen (secondary N) is 1. The molecule has 1 unspecified atom stereocenters. The summed E-state index contributed by atoms with van der Waals surface area (Å²) in [7, 11) is -7.04. The molecule has 2 aliphatic rings. The molecule has 1 aromatic heterocycles. The molecule has 9 nitrogen and oxygen atoms in total. The van der Waals surface area contributed by atoms with Crippen LogP contribution in [0.15, 0.2) is 23.2 Å². The first-order valence-corrected chi connectivity index (χ1v) is 13.1. The Hall–Kier alpha value is -1.27. The van der Waals surface area contributed by atoms with Gasteiger partial charge in [0.25, 0.3) is 0 Å². The quantitative estimate of drug-likeness (QED) is 0.640. The first-order valence-electron chi connectivity index (χ1n) is 9.45. The van der Waals surface area contributed by atoms with Crippen LogP contribution < -0.4 is 5.32 Å². The van der Waals surface area contributed by atoms with Crippen molar-refractivity contribution in [3.05, 3.63) is 23.5 Å². The van der Waals surface area contributed by atoms with Crippen molar-refractivity contribution in [2.24, 2.45) is 5.92 Å². The highest BCUT2D eigenvalue weighted by molar-refractivity contribution is 7.89. The lowest BCUT2D eigenvalue weighted by molar-refractivity contribution is -0.127. The lowest BCUT2D eigenvalue weighted by Gasteiger charge is -2.34. The number of carbonyl (C=O) groups excluding carboxylic acids is 1. The van der Waals surface area contributed by atoms with Gasteiger partial charge in [0, 0.05) is 44.3 Å². The second-order valence-electron chi connectivity index (χ2n) is 7.44. The molecule has 162 valence electrons. The van der Waals surface area contributed by atoms with Crippen LogP contribution in [0.4, 0.5) is 0 Å². The average Bonchev–Trinajstić information content (AvgIpc) is 2.68. The van der Waals surface area contributed by atoms with Crippen molar-refractivity contribution in [1.82, 2.24) is 18.9 Å². The predicted molar refractivity (Wildman–Crippen MR) is 108 cm³/mol. The number of carbonyl (C=O) groups is 1. The van der Waals surface area contributed by atoms with Gasteiger partial charge in [0.1, 0.15) is 10.0 Å². The van der Waals surface area contributed by atoms with Gasteiger partial charge in [-0.2, -0.15) is 4.31 Å². The van der Waals surface area contributed by atoms with Gasteiger partial charge >= 0.3 is 0 Å². The molecule has 1 amide bonds. The molecule has 2 aliphatic heterocycles. The molecule has 0 spiro atoms. The van der Waals surface area contributed by atoms with Crippen LogP contribution in [0.5, 0.6) is 0 Å². The number of rotatable bonds is 5. The lowest BCUT2D eigenvalue weighted by atomic mass is 9.96. The predicted octanol–water partition coefficient (Wildman–Crippen LogP) is 0.676. The van der Waals surface area contributed by atoms with Gasteiger partial charge in [-0.3, -0.25) is 4.79 Å². The largest absolute Gasteiger partial charge is 0.352 e. The Labute approximate surface area is 176 Å². The molecule has 2 saturated heterocycles. The SMILES string of the molecule is CS(=O)(=O)N1CCCC(NC(=O)C2CCN(S(=O)(=O)c3cccnc3Cl)CC2)C1. The van der Waals surface area contributed by atoms with E-state index in [9.17, 15) is 21.6 Å². The number of piperidine rings is 2. The fourth-order valence-corrected chi connectivity index (χ4v) is 6.55. The zero-order chi connectivity index (χ0) is 21.2. The number of hydrogen-bond donors (Lipinski definition) is 1. The second-order valence-corrected chi connectivity index (χ2v) is 11.7. The summed E-state index contributed by atoms with van der Waals surface area (Å²) in [6.45, 7) is 1.17. The van der Waals surface area contributed by atoms with Crippen LogP contribution in [0.2, 0.25) is 5.15 Å². The fourth-order valence-electron chi connectivity index (χ4n) is 3.74. The molecule has 0 bridgehead atoms. The summed E-state index contributed by atoms with van der Waals surface area (Å²) in [6.07, 6.45) is 4.80. The minimum atomic E-state index is -3.76. The number of pyridine rings is 1. The normalized spacial score (nSPS) is 23.0. The fraction of sp³-hybridized carbons (Fsp3) is 0.647. The highest BCUT2D eigenvalue weighted by Crippen LogP contribution is 2.27. The smallest absolute Gasteiger partial charge is 0.246 e. The summed E-state index contributed by atoms with van der Waals surface area (Å²) in [4.78, 5) is 16.4. The number of sulfonamides is 2.